The lowest BCUT2D eigenvalue weighted by atomic mass is 10.1. The third-order valence-electron chi connectivity index (χ3n) is 4.11. The lowest BCUT2D eigenvalue weighted by Gasteiger charge is -2.32. The standard InChI is InChI=1S/C16H24N2O2/c1-3-13-7-5-4-6-10-18(13)15-11-12(16(19)20-2)8-9-14(15)17/h8-9,11,13H,3-7,10,17H2,1-2H3. The van der Waals surface area contributed by atoms with Gasteiger partial charge in [-0.2, -0.15) is 0 Å². The van der Waals surface area contributed by atoms with Crippen molar-refractivity contribution in [3.63, 3.8) is 0 Å². The monoisotopic (exact) mass is 276 g/mol. The van der Waals surface area contributed by atoms with Crippen molar-refractivity contribution in [2.45, 2.75) is 45.1 Å². The summed E-state index contributed by atoms with van der Waals surface area (Å²) in [5, 5.41) is 0. The van der Waals surface area contributed by atoms with Gasteiger partial charge in [0.2, 0.25) is 0 Å². The van der Waals surface area contributed by atoms with Crippen molar-refractivity contribution in [1.82, 2.24) is 0 Å². The first-order valence-electron chi connectivity index (χ1n) is 7.41. The Balaban J connectivity index is 2.35. The molecule has 0 spiro atoms. The first kappa shape index (κ1) is 14.7. The number of methoxy groups -OCH3 is 1. The normalized spacial score (nSPS) is 19.5. The molecule has 1 fully saturated rings. The summed E-state index contributed by atoms with van der Waals surface area (Å²) < 4.78 is 4.80. The fourth-order valence-electron chi connectivity index (χ4n) is 2.96. The van der Waals surface area contributed by atoms with Crippen molar-refractivity contribution >= 4 is 17.3 Å². The fourth-order valence-corrected chi connectivity index (χ4v) is 2.96. The fraction of sp³-hybridized carbons (Fsp3) is 0.562. The van der Waals surface area contributed by atoms with Crippen LogP contribution in [0.3, 0.4) is 0 Å². The second kappa shape index (κ2) is 6.64. The molecule has 4 nitrogen and oxygen atoms in total. The molecular formula is C16H24N2O2. The summed E-state index contributed by atoms with van der Waals surface area (Å²) in [6, 6.07) is 5.91. The predicted octanol–water partition coefficient (Wildman–Crippen LogP) is 3.21. The molecule has 110 valence electrons. The number of anilines is 2. The van der Waals surface area contributed by atoms with Gasteiger partial charge in [-0.25, -0.2) is 4.79 Å². The van der Waals surface area contributed by atoms with Crippen LogP contribution in [0.5, 0.6) is 0 Å². The van der Waals surface area contributed by atoms with Crippen LogP contribution >= 0.6 is 0 Å². The van der Waals surface area contributed by atoms with Crippen LogP contribution < -0.4 is 10.6 Å². The molecule has 0 bridgehead atoms. The smallest absolute Gasteiger partial charge is 0.337 e. The molecule has 1 aliphatic heterocycles. The lowest BCUT2D eigenvalue weighted by molar-refractivity contribution is 0.0601. The Labute approximate surface area is 120 Å². The zero-order chi connectivity index (χ0) is 14.5. The van der Waals surface area contributed by atoms with Crippen LogP contribution in [0, 0.1) is 0 Å². The average molecular weight is 276 g/mol. The summed E-state index contributed by atoms with van der Waals surface area (Å²) in [4.78, 5) is 14.1. The van der Waals surface area contributed by atoms with Gasteiger partial charge < -0.3 is 15.4 Å². The molecule has 1 unspecified atom stereocenters. The maximum Gasteiger partial charge on any atom is 0.337 e. The minimum Gasteiger partial charge on any atom is -0.465 e. The predicted molar refractivity (Wildman–Crippen MR) is 82.1 cm³/mol. The van der Waals surface area contributed by atoms with Gasteiger partial charge in [0.15, 0.2) is 0 Å². The zero-order valence-corrected chi connectivity index (χ0v) is 12.4. The van der Waals surface area contributed by atoms with E-state index < -0.39 is 0 Å². The Kier molecular flexibility index (Phi) is 4.88. The number of carbonyl (C=O) groups is 1. The molecule has 0 amide bonds. The summed E-state index contributed by atoms with van der Waals surface area (Å²) in [5.74, 6) is -0.311. The molecule has 2 rings (SSSR count). The largest absolute Gasteiger partial charge is 0.465 e. The van der Waals surface area contributed by atoms with Gasteiger partial charge in [-0.1, -0.05) is 19.8 Å². The molecule has 1 aliphatic rings. The van der Waals surface area contributed by atoms with E-state index in [0.717, 1.165) is 24.3 Å². The number of nitrogens with two attached hydrogens (primary N) is 1. The lowest BCUT2D eigenvalue weighted by Crippen LogP contribution is -2.35. The molecule has 0 radical (unpaired) electrons. The highest BCUT2D eigenvalue weighted by atomic mass is 16.5. The van der Waals surface area contributed by atoms with Gasteiger partial charge in [-0.3, -0.25) is 0 Å². The summed E-state index contributed by atoms with van der Waals surface area (Å²) in [5.41, 5.74) is 8.41. The van der Waals surface area contributed by atoms with Crippen LogP contribution in [-0.4, -0.2) is 25.7 Å². The number of nitrogen functional groups attached to an aromatic ring is 1. The molecule has 20 heavy (non-hydrogen) atoms. The molecule has 0 saturated carbocycles. The number of hydrogen-bond acceptors (Lipinski definition) is 4. The SMILES string of the molecule is CCC1CCCCCN1c1cc(C(=O)OC)ccc1N. The molecule has 1 aromatic rings. The van der Waals surface area contributed by atoms with E-state index >= 15 is 0 Å². The van der Waals surface area contributed by atoms with E-state index in [-0.39, 0.29) is 5.97 Å². The topological polar surface area (TPSA) is 55.6 Å². The van der Waals surface area contributed by atoms with E-state index in [1.54, 1.807) is 12.1 Å². The minimum absolute atomic E-state index is 0.311. The number of carbonyl (C=O) groups excluding carboxylic acids is 1. The molecule has 0 aromatic heterocycles. The molecule has 1 heterocycles. The molecule has 4 heteroatoms. The number of ether oxygens (including phenoxy) is 1. The van der Waals surface area contributed by atoms with Gasteiger partial charge in [-0.15, -0.1) is 0 Å². The van der Waals surface area contributed by atoms with Gasteiger partial charge in [0.25, 0.3) is 0 Å². The Morgan fingerprint density at radius 3 is 2.90 bits per heavy atom. The van der Waals surface area contributed by atoms with E-state index in [4.69, 9.17) is 10.5 Å². The van der Waals surface area contributed by atoms with E-state index in [1.807, 2.05) is 6.07 Å². The van der Waals surface area contributed by atoms with E-state index in [0.29, 0.717) is 11.6 Å². The van der Waals surface area contributed by atoms with Crippen LogP contribution in [0.4, 0.5) is 11.4 Å². The van der Waals surface area contributed by atoms with Gasteiger partial charge in [0.05, 0.1) is 24.0 Å². The van der Waals surface area contributed by atoms with Crippen LogP contribution in [0.1, 0.15) is 49.4 Å². The van der Waals surface area contributed by atoms with Crippen LogP contribution in [0.15, 0.2) is 18.2 Å². The van der Waals surface area contributed by atoms with Crippen molar-refractivity contribution in [2.75, 3.05) is 24.3 Å². The highest BCUT2D eigenvalue weighted by Gasteiger charge is 2.22. The van der Waals surface area contributed by atoms with Crippen molar-refractivity contribution in [1.29, 1.82) is 0 Å². The summed E-state index contributed by atoms with van der Waals surface area (Å²) in [7, 11) is 1.40. The molecule has 1 atom stereocenters. The second-order valence-corrected chi connectivity index (χ2v) is 5.37. The number of hydrogen-bond donors (Lipinski definition) is 1. The third-order valence-corrected chi connectivity index (χ3v) is 4.11. The van der Waals surface area contributed by atoms with Crippen molar-refractivity contribution in [2.24, 2.45) is 0 Å². The van der Waals surface area contributed by atoms with Crippen LogP contribution in [0.2, 0.25) is 0 Å². The number of esters is 1. The van der Waals surface area contributed by atoms with Gasteiger partial charge >= 0.3 is 5.97 Å². The third kappa shape index (κ3) is 3.06. The Hall–Kier alpha value is -1.71. The van der Waals surface area contributed by atoms with Crippen molar-refractivity contribution in [3.05, 3.63) is 23.8 Å². The maximum absolute atomic E-state index is 11.7. The maximum atomic E-state index is 11.7. The average Bonchev–Trinajstić information content (AvgIpc) is 2.72. The number of benzene rings is 1. The summed E-state index contributed by atoms with van der Waals surface area (Å²) >= 11 is 0. The van der Waals surface area contributed by atoms with Gasteiger partial charge in [-0.05, 0) is 37.5 Å². The number of nitrogens with zero attached hydrogens (tertiary/aromatic N) is 1. The molecule has 1 saturated heterocycles. The molecule has 1 aromatic carbocycles. The molecular weight excluding hydrogens is 252 g/mol. The van der Waals surface area contributed by atoms with Crippen LogP contribution in [0.25, 0.3) is 0 Å². The Morgan fingerprint density at radius 1 is 1.40 bits per heavy atom. The molecule has 2 N–H and O–H groups in total. The van der Waals surface area contributed by atoms with Crippen molar-refractivity contribution in [3.8, 4) is 0 Å². The zero-order valence-electron chi connectivity index (χ0n) is 12.4. The molecule has 0 aliphatic carbocycles. The van der Waals surface area contributed by atoms with E-state index in [9.17, 15) is 4.79 Å². The van der Waals surface area contributed by atoms with Crippen LogP contribution in [-0.2, 0) is 4.74 Å². The minimum atomic E-state index is -0.311. The first-order valence-corrected chi connectivity index (χ1v) is 7.41. The van der Waals surface area contributed by atoms with E-state index in [1.165, 1.54) is 32.8 Å². The quantitative estimate of drug-likeness (QED) is 0.680. The highest BCUT2D eigenvalue weighted by molar-refractivity contribution is 5.92. The van der Waals surface area contributed by atoms with Gasteiger partial charge in [0.1, 0.15) is 0 Å². The summed E-state index contributed by atoms with van der Waals surface area (Å²) in [6.07, 6.45) is 6.01. The highest BCUT2D eigenvalue weighted by Crippen LogP contribution is 2.31. The van der Waals surface area contributed by atoms with E-state index in [2.05, 4.69) is 11.8 Å². The Bertz CT molecular complexity index is 474. The van der Waals surface area contributed by atoms with Crippen molar-refractivity contribution < 1.29 is 9.53 Å². The van der Waals surface area contributed by atoms with Gasteiger partial charge in [0, 0.05) is 12.6 Å². The first-order chi connectivity index (χ1) is 9.67. The summed E-state index contributed by atoms with van der Waals surface area (Å²) in [6.45, 7) is 3.22. The number of rotatable bonds is 3. The Morgan fingerprint density at radius 2 is 2.20 bits per heavy atom. The second-order valence-electron chi connectivity index (χ2n) is 5.37.